The van der Waals surface area contributed by atoms with Crippen LogP contribution in [0, 0.1) is 0 Å². The Hall–Kier alpha value is -1.48. The quantitative estimate of drug-likeness (QED) is 0.604. The van der Waals surface area contributed by atoms with Gasteiger partial charge < -0.3 is 0 Å². The molecule has 0 spiro atoms. The SMILES string of the molecule is O=S1C=CC=C2N=c3ccccc3=C21. The van der Waals surface area contributed by atoms with E-state index in [-0.39, 0.29) is 0 Å². The number of hydrogen-bond acceptors (Lipinski definition) is 2. The Labute approximate surface area is 83.4 Å². The summed E-state index contributed by atoms with van der Waals surface area (Å²) in [7, 11) is -1.03. The minimum Gasteiger partial charge on any atom is -0.250 e. The number of allylic oxidation sites excluding steroid dienone is 2. The molecule has 68 valence electrons. The maximum atomic E-state index is 11.7. The molecule has 2 aliphatic rings. The van der Waals surface area contributed by atoms with Crippen molar-refractivity contribution >= 4 is 15.7 Å². The van der Waals surface area contributed by atoms with Gasteiger partial charge in [0.05, 0.1) is 26.8 Å². The Kier molecular flexibility index (Phi) is 1.55. The van der Waals surface area contributed by atoms with Gasteiger partial charge in [0.25, 0.3) is 0 Å². The average molecular weight is 201 g/mol. The van der Waals surface area contributed by atoms with Gasteiger partial charge in [-0.3, -0.25) is 0 Å². The van der Waals surface area contributed by atoms with Crippen LogP contribution < -0.4 is 10.6 Å². The van der Waals surface area contributed by atoms with E-state index in [0.717, 1.165) is 21.2 Å². The standard InChI is InChI=1S/C11H7NOS/c13-14-7-3-6-10-11(14)8-4-1-2-5-9(8)12-10/h1-7H. The molecule has 2 aliphatic heterocycles. The third kappa shape index (κ3) is 0.960. The second kappa shape index (κ2) is 2.75. The number of hydrogen-bond donors (Lipinski definition) is 0. The second-order valence-electron chi connectivity index (χ2n) is 3.14. The maximum Gasteiger partial charge on any atom is 0.0809 e. The molecular weight excluding hydrogens is 194 g/mol. The van der Waals surface area contributed by atoms with Crippen LogP contribution in [0.2, 0.25) is 0 Å². The van der Waals surface area contributed by atoms with Crippen molar-refractivity contribution in [1.82, 2.24) is 0 Å². The van der Waals surface area contributed by atoms with E-state index in [9.17, 15) is 4.21 Å². The summed E-state index contributed by atoms with van der Waals surface area (Å²) < 4.78 is 11.7. The topological polar surface area (TPSA) is 29.4 Å². The molecule has 0 aliphatic carbocycles. The average Bonchev–Trinajstić information content (AvgIpc) is 2.57. The van der Waals surface area contributed by atoms with Crippen LogP contribution in [0.15, 0.2) is 52.5 Å². The van der Waals surface area contributed by atoms with Gasteiger partial charge >= 0.3 is 0 Å². The first-order valence-electron chi connectivity index (χ1n) is 4.34. The highest BCUT2D eigenvalue weighted by atomic mass is 32.2. The first-order chi connectivity index (χ1) is 6.86. The lowest BCUT2D eigenvalue weighted by atomic mass is 10.3. The van der Waals surface area contributed by atoms with E-state index >= 15 is 0 Å². The monoisotopic (exact) mass is 201 g/mol. The predicted octanol–water partition coefficient (Wildman–Crippen LogP) is 0.588. The predicted molar refractivity (Wildman–Crippen MR) is 56.0 cm³/mol. The molecule has 0 N–H and O–H groups in total. The number of fused-ring (bicyclic) bond motifs is 2. The van der Waals surface area contributed by atoms with Crippen molar-refractivity contribution in [3.05, 3.63) is 58.1 Å². The van der Waals surface area contributed by atoms with E-state index in [4.69, 9.17) is 0 Å². The molecule has 2 nitrogen and oxygen atoms in total. The zero-order valence-corrected chi connectivity index (χ0v) is 8.12. The zero-order chi connectivity index (χ0) is 9.54. The zero-order valence-electron chi connectivity index (χ0n) is 7.31. The summed E-state index contributed by atoms with van der Waals surface area (Å²) in [5.41, 5.74) is 0.840. The van der Waals surface area contributed by atoms with Crippen molar-refractivity contribution in [1.29, 1.82) is 0 Å². The highest BCUT2D eigenvalue weighted by Gasteiger charge is 2.18. The molecule has 0 bridgehead atoms. The van der Waals surface area contributed by atoms with Crippen LogP contribution in [0.25, 0.3) is 4.91 Å². The van der Waals surface area contributed by atoms with Gasteiger partial charge in [-0.15, -0.1) is 0 Å². The molecule has 0 radical (unpaired) electrons. The summed E-state index contributed by atoms with van der Waals surface area (Å²) in [5.74, 6) is 0. The molecule has 3 rings (SSSR count). The molecule has 3 heteroatoms. The van der Waals surface area contributed by atoms with Gasteiger partial charge in [0, 0.05) is 10.6 Å². The van der Waals surface area contributed by atoms with E-state index in [0.29, 0.717) is 0 Å². The van der Waals surface area contributed by atoms with Crippen LogP contribution in [-0.4, -0.2) is 4.21 Å². The molecule has 1 atom stereocenters. The lowest BCUT2D eigenvalue weighted by Crippen LogP contribution is -2.22. The summed E-state index contributed by atoms with van der Waals surface area (Å²) >= 11 is 0. The minimum atomic E-state index is -1.03. The highest BCUT2D eigenvalue weighted by Crippen LogP contribution is 2.22. The largest absolute Gasteiger partial charge is 0.250 e. The minimum absolute atomic E-state index is 0.840. The summed E-state index contributed by atoms with van der Waals surface area (Å²) in [6.45, 7) is 0. The van der Waals surface area contributed by atoms with Crippen molar-refractivity contribution in [3.8, 4) is 0 Å². The maximum absolute atomic E-state index is 11.7. The van der Waals surface area contributed by atoms with Gasteiger partial charge in [0.15, 0.2) is 0 Å². The van der Waals surface area contributed by atoms with E-state index in [1.807, 2.05) is 30.3 Å². The molecular formula is C11H7NOS. The fourth-order valence-corrected chi connectivity index (χ4v) is 2.74. The van der Waals surface area contributed by atoms with Crippen molar-refractivity contribution in [2.45, 2.75) is 0 Å². The van der Waals surface area contributed by atoms with Gasteiger partial charge in [-0.2, -0.15) is 0 Å². The Morgan fingerprint density at radius 2 is 2.07 bits per heavy atom. The second-order valence-corrected chi connectivity index (χ2v) is 4.41. The summed E-state index contributed by atoms with van der Waals surface area (Å²) in [6.07, 6.45) is 3.70. The molecule has 0 saturated carbocycles. The van der Waals surface area contributed by atoms with Crippen LogP contribution in [0.3, 0.4) is 0 Å². The first-order valence-corrected chi connectivity index (χ1v) is 5.55. The van der Waals surface area contributed by atoms with Crippen LogP contribution >= 0.6 is 0 Å². The van der Waals surface area contributed by atoms with E-state index in [2.05, 4.69) is 4.99 Å². The van der Waals surface area contributed by atoms with Crippen LogP contribution in [0.5, 0.6) is 0 Å². The van der Waals surface area contributed by atoms with Crippen LogP contribution in [0.4, 0.5) is 0 Å². The smallest absolute Gasteiger partial charge is 0.0809 e. The Balaban J connectivity index is 2.51. The molecule has 1 aromatic rings. The number of rotatable bonds is 0. The molecule has 0 fully saturated rings. The van der Waals surface area contributed by atoms with Gasteiger partial charge in [-0.05, 0) is 12.1 Å². The van der Waals surface area contributed by atoms with Crippen molar-refractivity contribution in [3.63, 3.8) is 0 Å². The Morgan fingerprint density at radius 3 is 3.00 bits per heavy atom. The number of nitrogens with zero attached hydrogens (tertiary/aromatic N) is 1. The molecule has 2 heterocycles. The highest BCUT2D eigenvalue weighted by molar-refractivity contribution is 7.97. The van der Waals surface area contributed by atoms with E-state index in [1.165, 1.54) is 0 Å². The van der Waals surface area contributed by atoms with Gasteiger partial charge in [-0.1, -0.05) is 24.3 Å². The van der Waals surface area contributed by atoms with Crippen molar-refractivity contribution in [2.24, 2.45) is 4.99 Å². The summed E-state index contributed by atoms with van der Waals surface area (Å²) in [5, 5.41) is 3.61. The summed E-state index contributed by atoms with van der Waals surface area (Å²) in [4.78, 5) is 5.25. The molecule has 14 heavy (non-hydrogen) atoms. The molecule has 1 aromatic carbocycles. The first kappa shape index (κ1) is 7.88. The normalized spacial score (nSPS) is 22.4. The molecule has 0 aromatic heterocycles. The van der Waals surface area contributed by atoms with Crippen LogP contribution in [-0.2, 0) is 10.8 Å². The Morgan fingerprint density at radius 1 is 1.21 bits per heavy atom. The number of para-hydroxylation sites is 1. The lowest BCUT2D eigenvalue weighted by Gasteiger charge is -2.03. The van der Waals surface area contributed by atoms with Gasteiger partial charge in [0.2, 0.25) is 0 Å². The third-order valence-electron chi connectivity index (χ3n) is 2.28. The van der Waals surface area contributed by atoms with Crippen molar-refractivity contribution in [2.75, 3.05) is 0 Å². The lowest BCUT2D eigenvalue weighted by molar-refractivity contribution is 0.693. The van der Waals surface area contributed by atoms with Crippen LogP contribution in [0.1, 0.15) is 0 Å². The third-order valence-corrected chi connectivity index (χ3v) is 3.52. The summed E-state index contributed by atoms with van der Waals surface area (Å²) in [6, 6.07) is 7.79. The number of benzene rings is 1. The van der Waals surface area contributed by atoms with E-state index < -0.39 is 10.8 Å². The Bertz CT molecular complexity index is 610. The fourth-order valence-electron chi connectivity index (χ4n) is 1.68. The molecule has 1 unspecified atom stereocenters. The molecule has 0 amide bonds. The fraction of sp³-hybridized carbons (Fsp3) is 0. The molecule has 0 saturated heterocycles. The van der Waals surface area contributed by atoms with Gasteiger partial charge in [-0.25, -0.2) is 9.20 Å². The van der Waals surface area contributed by atoms with E-state index in [1.54, 1.807) is 11.5 Å². The van der Waals surface area contributed by atoms with Gasteiger partial charge in [0.1, 0.15) is 0 Å². The van der Waals surface area contributed by atoms with Crippen molar-refractivity contribution < 1.29 is 4.21 Å².